The van der Waals surface area contributed by atoms with Crippen LogP contribution in [-0.4, -0.2) is 19.5 Å². The van der Waals surface area contributed by atoms with Crippen LogP contribution in [0.15, 0.2) is 18.2 Å². The number of rotatable bonds is 4. The Kier molecular flexibility index (Phi) is 5.73. The lowest BCUT2D eigenvalue weighted by molar-refractivity contribution is -0.0969. The summed E-state index contributed by atoms with van der Waals surface area (Å²) in [6, 6.07) is 7.02. The van der Waals surface area contributed by atoms with E-state index in [1.54, 1.807) is 18.2 Å². The molecule has 4 heteroatoms. The molecule has 0 amide bonds. The summed E-state index contributed by atoms with van der Waals surface area (Å²) in [6.45, 7) is 4.82. The Bertz CT molecular complexity index is 489. The number of nitrogen functional groups attached to an aromatic ring is 1. The van der Waals surface area contributed by atoms with E-state index >= 15 is 0 Å². The van der Waals surface area contributed by atoms with Crippen molar-refractivity contribution >= 4 is 5.69 Å². The van der Waals surface area contributed by atoms with Crippen molar-refractivity contribution in [1.82, 2.24) is 0 Å². The highest BCUT2D eigenvalue weighted by Gasteiger charge is 2.03. The molecule has 0 saturated heterocycles. The summed E-state index contributed by atoms with van der Waals surface area (Å²) in [5, 5.41) is 8.73. The molecular formula is C14H16N2O2. The molecule has 0 aliphatic heterocycles. The van der Waals surface area contributed by atoms with E-state index in [1.807, 2.05) is 19.9 Å². The number of hydrogen-bond acceptors (Lipinski definition) is 4. The Hall–Kier alpha value is -2.01. The normalized spacial score (nSPS) is 9.67. The molecule has 0 aliphatic rings. The smallest absolute Gasteiger partial charge is 0.222 e. The highest BCUT2D eigenvalue weighted by molar-refractivity contribution is 5.59. The SMILES string of the molecule is CCOC(C#Cc1ccc(C#N)cc1N)OCC. The molecule has 0 fully saturated rings. The lowest BCUT2D eigenvalue weighted by atomic mass is 10.1. The van der Waals surface area contributed by atoms with Gasteiger partial charge < -0.3 is 15.2 Å². The molecule has 94 valence electrons. The summed E-state index contributed by atoms with van der Waals surface area (Å²) in [5.41, 5.74) is 7.46. The van der Waals surface area contributed by atoms with Crippen molar-refractivity contribution in [3.05, 3.63) is 29.3 Å². The monoisotopic (exact) mass is 244 g/mol. The first-order valence-electron chi connectivity index (χ1n) is 5.75. The molecule has 0 unspecified atom stereocenters. The molecule has 0 aromatic heterocycles. The molecule has 0 saturated carbocycles. The highest BCUT2D eigenvalue weighted by atomic mass is 16.7. The molecule has 1 rings (SSSR count). The van der Waals surface area contributed by atoms with Crippen LogP contribution >= 0.6 is 0 Å². The summed E-state index contributed by atoms with van der Waals surface area (Å²) in [4.78, 5) is 0. The van der Waals surface area contributed by atoms with Crippen molar-refractivity contribution in [2.75, 3.05) is 18.9 Å². The Morgan fingerprint density at radius 1 is 1.28 bits per heavy atom. The molecule has 2 N–H and O–H groups in total. The second-order valence-corrected chi connectivity index (χ2v) is 3.43. The molecular weight excluding hydrogens is 228 g/mol. The zero-order valence-electron chi connectivity index (χ0n) is 10.6. The van der Waals surface area contributed by atoms with Crippen LogP contribution in [-0.2, 0) is 9.47 Å². The van der Waals surface area contributed by atoms with Crippen molar-refractivity contribution in [2.45, 2.75) is 20.1 Å². The van der Waals surface area contributed by atoms with Gasteiger partial charge in [0.25, 0.3) is 0 Å². The zero-order chi connectivity index (χ0) is 13.4. The van der Waals surface area contributed by atoms with Crippen LogP contribution in [0.1, 0.15) is 25.0 Å². The van der Waals surface area contributed by atoms with Gasteiger partial charge in [0, 0.05) is 24.5 Å². The van der Waals surface area contributed by atoms with Gasteiger partial charge in [-0.25, -0.2) is 0 Å². The van der Waals surface area contributed by atoms with E-state index in [4.69, 9.17) is 20.5 Å². The molecule has 0 bridgehead atoms. The third kappa shape index (κ3) is 4.10. The Morgan fingerprint density at radius 2 is 1.94 bits per heavy atom. The topological polar surface area (TPSA) is 68.3 Å². The third-order valence-corrected chi connectivity index (χ3v) is 2.14. The predicted octanol–water partition coefficient (Wildman–Crippen LogP) is 1.89. The van der Waals surface area contributed by atoms with Crippen LogP contribution < -0.4 is 5.73 Å². The average Bonchev–Trinajstić information content (AvgIpc) is 2.37. The molecule has 0 atom stereocenters. The maximum atomic E-state index is 8.73. The maximum absolute atomic E-state index is 8.73. The van der Waals surface area contributed by atoms with Gasteiger partial charge >= 0.3 is 0 Å². The Balaban J connectivity index is 2.86. The fourth-order valence-electron chi connectivity index (χ4n) is 1.32. The van der Waals surface area contributed by atoms with Crippen molar-refractivity contribution in [3.8, 4) is 17.9 Å². The van der Waals surface area contributed by atoms with Crippen molar-refractivity contribution in [2.24, 2.45) is 0 Å². The standard InChI is InChI=1S/C14H16N2O2/c1-3-17-14(18-4-2)8-7-12-6-5-11(10-15)9-13(12)16/h5-6,9,14H,3-4,16H2,1-2H3. The van der Waals surface area contributed by atoms with E-state index in [0.717, 1.165) is 0 Å². The minimum absolute atomic E-state index is 0.480. The van der Waals surface area contributed by atoms with Gasteiger partial charge in [0.05, 0.1) is 11.6 Å². The molecule has 0 spiro atoms. The molecule has 18 heavy (non-hydrogen) atoms. The molecule has 1 aromatic rings. The van der Waals surface area contributed by atoms with Crippen LogP contribution in [0, 0.1) is 23.2 Å². The van der Waals surface area contributed by atoms with E-state index < -0.39 is 6.29 Å². The Morgan fingerprint density at radius 3 is 2.44 bits per heavy atom. The highest BCUT2D eigenvalue weighted by Crippen LogP contribution is 2.12. The first kappa shape index (κ1) is 14.1. The second-order valence-electron chi connectivity index (χ2n) is 3.43. The molecule has 4 nitrogen and oxygen atoms in total. The summed E-state index contributed by atoms with van der Waals surface area (Å²) in [6.07, 6.45) is -0.546. The number of nitrogens with zero attached hydrogens (tertiary/aromatic N) is 1. The predicted molar refractivity (Wildman–Crippen MR) is 69.5 cm³/mol. The van der Waals surface area contributed by atoms with Crippen molar-refractivity contribution < 1.29 is 9.47 Å². The van der Waals surface area contributed by atoms with Gasteiger partial charge in [-0.15, -0.1) is 0 Å². The molecule has 0 heterocycles. The quantitative estimate of drug-likeness (QED) is 0.499. The van der Waals surface area contributed by atoms with Crippen LogP contribution in [0.4, 0.5) is 5.69 Å². The summed E-state index contributed by atoms with van der Waals surface area (Å²) >= 11 is 0. The van der Waals surface area contributed by atoms with Gasteiger partial charge in [0.2, 0.25) is 6.29 Å². The summed E-state index contributed by atoms with van der Waals surface area (Å²) in [7, 11) is 0. The van der Waals surface area contributed by atoms with E-state index in [2.05, 4.69) is 11.8 Å². The summed E-state index contributed by atoms with van der Waals surface area (Å²) in [5.74, 6) is 5.76. The molecule has 0 aliphatic carbocycles. The first-order chi connectivity index (χ1) is 8.71. The van der Waals surface area contributed by atoms with E-state index in [-0.39, 0.29) is 0 Å². The fourth-order valence-corrected chi connectivity index (χ4v) is 1.32. The first-order valence-corrected chi connectivity index (χ1v) is 5.75. The lowest BCUT2D eigenvalue weighted by Gasteiger charge is -2.09. The second kappa shape index (κ2) is 7.34. The van der Waals surface area contributed by atoms with Gasteiger partial charge in [-0.2, -0.15) is 5.26 Å². The van der Waals surface area contributed by atoms with Crippen LogP contribution in [0.3, 0.4) is 0 Å². The van der Waals surface area contributed by atoms with Crippen molar-refractivity contribution in [1.29, 1.82) is 5.26 Å². The van der Waals surface area contributed by atoms with Gasteiger partial charge in [-0.3, -0.25) is 0 Å². The van der Waals surface area contributed by atoms with Gasteiger partial charge in [0.1, 0.15) is 0 Å². The number of ether oxygens (including phenoxy) is 2. The number of nitrogens with two attached hydrogens (primary N) is 1. The molecule has 0 radical (unpaired) electrons. The third-order valence-electron chi connectivity index (χ3n) is 2.14. The van der Waals surface area contributed by atoms with Crippen molar-refractivity contribution in [3.63, 3.8) is 0 Å². The molecule has 1 aromatic carbocycles. The van der Waals surface area contributed by atoms with Gasteiger partial charge in [0.15, 0.2) is 0 Å². The Labute approximate surface area is 107 Å². The summed E-state index contributed by atoms with van der Waals surface area (Å²) < 4.78 is 10.6. The van der Waals surface area contributed by atoms with E-state index in [0.29, 0.717) is 30.0 Å². The van der Waals surface area contributed by atoms with Crippen LogP contribution in [0.25, 0.3) is 0 Å². The number of nitriles is 1. The number of benzene rings is 1. The fraction of sp³-hybridized carbons (Fsp3) is 0.357. The van der Waals surface area contributed by atoms with E-state index in [1.165, 1.54) is 0 Å². The minimum Gasteiger partial charge on any atom is -0.398 e. The largest absolute Gasteiger partial charge is 0.398 e. The van der Waals surface area contributed by atoms with Gasteiger partial charge in [-0.1, -0.05) is 5.92 Å². The van der Waals surface area contributed by atoms with Crippen LogP contribution in [0.5, 0.6) is 0 Å². The average molecular weight is 244 g/mol. The zero-order valence-corrected chi connectivity index (χ0v) is 10.6. The maximum Gasteiger partial charge on any atom is 0.222 e. The lowest BCUT2D eigenvalue weighted by Crippen LogP contribution is -2.14. The minimum atomic E-state index is -0.546. The van der Waals surface area contributed by atoms with Crippen LogP contribution in [0.2, 0.25) is 0 Å². The number of anilines is 1. The number of hydrogen-bond donors (Lipinski definition) is 1. The van der Waals surface area contributed by atoms with E-state index in [9.17, 15) is 0 Å². The van der Waals surface area contributed by atoms with Gasteiger partial charge in [-0.05, 0) is 38.0 Å².